The Balaban J connectivity index is 1.46. The van der Waals surface area contributed by atoms with Gasteiger partial charge in [-0.15, -0.1) is 0 Å². The Morgan fingerprint density at radius 1 is 0.870 bits per heavy atom. The molecule has 1 aliphatic heterocycles. The SMILES string of the molecule is Cc1cccc(CC2CCCCC2)c1-c1nc2nc(c1C)OC[C@@H](CC(C)(C)C)C(Cc1cccc(N(C(C)C)C(C)C)n1)c1cccc(c1)S(=O)(=O)N2. The van der Waals surface area contributed by atoms with Gasteiger partial charge in [-0.3, -0.25) is 0 Å². The zero-order chi connectivity index (χ0) is 38.8. The summed E-state index contributed by atoms with van der Waals surface area (Å²) < 4.78 is 37.9. The molecule has 0 saturated heterocycles. The first-order valence-corrected chi connectivity index (χ1v) is 21.6. The molecule has 1 unspecified atom stereocenters. The number of hydrogen-bond donors (Lipinski definition) is 1. The zero-order valence-electron chi connectivity index (χ0n) is 33.9. The lowest BCUT2D eigenvalue weighted by atomic mass is 9.74. The smallest absolute Gasteiger partial charge is 0.264 e. The van der Waals surface area contributed by atoms with Crippen molar-refractivity contribution < 1.29 is 13.2 Å². The molecule has 2 aromatic carbocycles. The highest BCUT2D eigenvalue weighted by Gasteiger charge is 2.32. The molecule has 4 bridgehead atoms. The summed E-state index contributed by atoms with van der Waals surface area (Å²) in [6, 6.07) is 20.7. The van der Waals surface area contributed by atoms with E-state index in [1.165, 1.54) is 37.7 Å². The number of sulfonamides is 1. The van der Waals surface area contributed by atoms with Gasteiger partial charge >= 0.3 is 0 Å². The van der Waals surface area contributed by atoms with Crippen LogP contribution < -0.4 is 14.4 Å². The fourth-order valence-electron chi connectivity index (χ4n) is 8.88. The van der Waals surface area contributed by atoms with Crippen LogP contribution in [0.25, 0.3) is 11.3 Å². The highest BCUT2D eigenvalue weighted by Crippen LogP contribution is 2.41. The van der Waals surface area contributed by atoms with E-state index in [4.69, 9.17) is 19.7 Å². The fraction of sp³-hybridized carbons (Fsp3) is 0.533. The molecule has 4 aromatic rings. The van der Waals surface area contributed by atoms with Crippen LogP contribution in [0, 0.1) is 31.1 Å². The molecule has 9 heteroatoms. The second-order valence-corrected chi connectivity index (χ2v) is 19.2. The molecule has 3 heterocycles. The topological polar surface area (TPSA) is 97.3 Å². The summed E-state index contributed by atoms with van der Waals surface area (Å²) in [7, 11) is -4.04. The van der Waals surface area contributed by atoms with Crippen molar-refractivity contribution in [2.75, 3.05) is 16.2 Å². The number of aryl methyl sites for hydroxylation is 1. The lowest BCUT2D eigenvalue weighted by molar-refractivity contribution is 0.165. The summed E-state index contributed by atoms with van der Waals surface area (Å²) in [6.07, 6.45) is 8.78. The summed E-state index contributed by atoms with van der Waals surface area (Å²) >= 11 is 0. The largest absolute Gasteiger partial charge is 0.477 e. The second kappa shape index (κ2) is 16.4. The summed E-state index contributed by atoms with van der Waals surface area (Å²) in [5.41, 5.74) is 6.82. The molecule has 0 radical (unpaired) electrons. The Morgan fingerprint density at radius 2 is 1.57 bits per heavy atom. The van der Waals surface area contributed by atoms with Crippen molar-refractivity contribution in [1.29, 1.82) is 0 Å². The molecule has 8 nitrogen and oxygen atoms in total. The third kappa shape index (κ3) is 9.27. The maximum absolute atomic E-state index is 14.2. The average molecular weight is 752 g/mol. The van der Waals surface area contributed by atoms with Gasteiger partial charge in [0.05, 0.1) is 17.2 Å². The first kappa shape index (κ1) is 39.7. The van der Waals surface area contributed by atoms with E-state index in [0.717, 1.165) is 52.3 Å². The Morgan fingerprint density at radius 3 is 2.28 bits per heavy atom. The summed E-state index contributed by atoms with van der Waals surface area (Å²) in [5.74, 6) is 1.96. The van der Waals surface area contributed by atoms with Crippen LogP contribution in [0.4, 0.5) is 11.8 Å². The molecule has 1 N–H and O–H groups in total. The van der Waals surface area contributed by atoms with Crippen molar-refractivity contribution >= 4 is 21.8 Å². The third-order valence-corrected chi connectivity index (χ3v) is 12.6. The summed E-state index contributed by atoms with van der Waals surface area (Å²) in [5, 5.41) is 0. The van der Waals surface area contributed by atoms with Crippen LogP contribution in [0.15, 0.2) is 65.6 Å². The van der Waals surface area contributed by atoms with Crippen LogP contribution in [-0.4, -0.2) is 42.1 Å². The first-order chi connectivity index (χ1) is 25.6. The van der Waals surface area contributed by atoms with E-state index in [2.05, 4.69) is 107 Å². The average Bonchev–Trinajstić information content (AvgIpc) is 3.10. The number of fused-ring (bicyclic) bond motifs is 4. The van der Waals surface area contributed by atoms with E-state index < -0.39 is 10.0 Å². The Labute approximate surface area is 324 Å². The third-order valence-electron chi connectivity index (χ3n) is 11.2. The number of benzene rings is 2. The molecular formula is C45H61N5O3S. The van der Waals surface area contributed by atoms with Gasteiger partial charge < -0.3 is 9.64 Å². The normalized spacial score (nSPS) is 19.1. The van der Waals surface area contributed by atoms with Crippen LogP contribution in [0.2, 0.25) is 0 Å². The quantitative estimate of drug-likeness (QED) is 0.182. The van der Waals surface area contributed by atoms with E-state index in [9.17, 15) is 8.42 Å². The van der Waals surface area contributed by atoms with E-state index in [1.54, 1.807) is 6.07 Å². The van der Waals surface area contributed by atoms with Gasteiger partial charge in [-0.1, -0.05) is 89.3 Å². The molecule has 2 aliphatic rings. The van der Waals surface area contributed by atoms with Gasteiger partial charge in [-0.05, 0) is 119 Å². The summed E-state index contributed by atoms with van der Waals surface area (Å²) in [4.78, 5) is 17.5. The van der Waals surface area contributed by atoms with Crippen molar-refractivity contribution in [3.05, 3.63) is 88.6 Å². The molecule has 1 aliphatic carbocycles. The Kier molecular flexibility index (Phi) is 12.1. The predicted octanol–water partition coefficient (Wildman–Crippen LogP) is 10.5. The standard InChI is InChI=1S/C45H61N5O3S/c1-29(2)50(30(3)4)40-23-15-21-37(46-40)26-39-34-19-14-22-38(25-34)54(51,52)49-44-47-42(32(6)43(48-44)53-28-36(39)27-45(7,8)9)41-31(5)16-13-20-35(41)24-33-17-11-10-12-18-33/h13-16,19-23,25,29-30,33,36,39H,10-12,17-18,24,26-28H2,1-9H3,(H,47,48,49)/t36-,39?/m1/s1. The van der Waals surface area contributed by atoms with Crippen LogP contribution in [0.3, 0.4) is 0 Å². The monoisotopic (exact) mass is 751 g/mol. The molecule has 0 amide bonds. The number of nitrogens with one attached hydrogen (secondary N) is 1. The van der Waals surface area contributed by atoms with Crippen molar-refractivity contribution in [3.63, 3.8) is 0 Å². The van der Waals surface area contributed by atoms with Gasteiger partial charge in [0.1, 0.15) is 5.82 Å². The summed E-state index contributed by atoms with van der Waals surface area (Å²) in [6.45, 7) is 20.1. The maximum atomic E-state index is 14.2. The Bertz CT molecular complexity index is 2020. The van der Waals surface area contributed by atoms with Crippen molar-refractivity contribution in [1.82, 2.24) is 15.0 Å². The van der Waals surface area contributed by atoms with E-state index in [-0.39, 0.29) is 28.1 Å². The van der Waals surface area contributed by atoms with Crippen LogP contribution in [-0.2, 0) is 22.9 Å². The molecule has 54 heavy (non-hydrogen) atoms. The van der Waals surface area contributed by atoms with E-state index >= 15 is 0 Å². The van der Waals surface area contributed by atoms with E-state index in [0.29, 0.717) is 36.9 Å². The second-order valence-electron chi connectivity index (χ2n) is 17.5. The van der Waals surface area contributed by atoms with E-state index in [1.807, 2.05) is 19.1 Å². The lowest BCUT2D eigenvalue weighted by Crippen LogP contribution is -2.37. The van der Waals surface area contributed by atoms with Crippen molar-refractivity contribution in [2.24, 2.45) is 17.3 Å². The minimum Gasteiger partial charge on any atom is -0.477 e. The molecule has 1 fully saturated rings. The lowest BCUT2D eigenvalue weighted by Gasteiger charge is -2.34. The minimum atomic E-state index is -4.04. The molecule has 2 aromatic heterocycles. The molecule has 6 rings (SSSR count). The molecule has 1 saturated carbocycles. The number of anilines is 2. The highest BCUT2D eigenvalue weighted by atomic mass is 32.2. The van der Waals surface area contributed by atoms with Crippen molar-refractivity contribution in [3.8, 4) is 17.1 Å². The van der Waals surface area contributed by atoms with Gasteiger partial charge in [0.2, 0.25) is 11.8 Å². The van der Waals surface area contributed by atoms with Gasteiger partial charge in [0.25, 0.3) is 10.0 Å². The number of aromatic nitrogens is 3. The minimum absolute atomic E-state index is 0.0215. The van der Waals surface area contributed by atoms with Crippen LogP contribution >= 0.6 is 0 Å². The molecule has 290 valence electrons. The van der Waals surface area contributed by atoms with Gasteiger partial charge in [0, 0.05) is 34.8 Å². The Hall–Kier alpha value is -3.98. The predicted molar refractivity (Wildman–Crippen MR) is 221 cm³/mol. The van der Waals surface area contributed by atoms with Gasteiger partial charge in [0.15, 0.2) is 0 Å². The van der Waals surface area contributed by atoms with Crippen LogP contribution in [0.1, 0.15) is 121 Å². The van der Waals surface area contributed by atoms with Gasteiger partial charge in [-0.2, -0.15) is 4.98 Å². The number of ether oxygens (including phenoxy) is 1. The highest BCUT2D eigenvalue weighted by molar-refractivity contribution is 7.92. The fourth-order valence-corrected chi connectivity index (χ4v) is 9.88. The number of hydrogen-bond acceptors (Lipinski definition) is 7. The van der Waals surface area contributed by atoms with Crippen molar-refractivity contribution in [2.45, 2.75) is 137 Å². The molecule has 2 atom stereocenters. The number of nitrogens with zero attached hydrogens (tertiary/aromatic N) is 4. The maximum Gasteiger partial charge on any atom is 0.264 e. The number of rotatable bonds is 9. The van der Waals surface area contributed by atoms with Gasteiger partial charge in [-0.25, -0.2) is 23.1 Å². The zero-order valence-corrected chi connectivity index (χ0v) is 34.8. The molecular weight excluding hydrogens is 691 g/mol. The number of pyridine rings is 1. The van der Waals surface area contributed by atoms with Crippen LogP contribution in [0.5, 0.6) is 5.88 Å². The molecule has 0 spiro atoms. The first-order valence-electron chi connectivity index (χ1n) is 20.1.